The number of nitrogens with zero attached hydrogens (tertiary/aromatic N) is 2. The molecule has 148 valence electrons. The summed E-state index contributed by atoms with van der Waals surface area (Å²) in [6, 6.07) is 14.5. The number of hydrogen-bond donors (Lipinski definition) is 4. The molecule has 3 aromatic rings. The van der Waals surface area contributed by atoms with E-state index in [-0.39, 0.29) is 10.7 Å². The predicted molar refractivity (Wildman–Crippen MR) is 117 cm³/mol. The fourth-order valence-electron chi connectivity index (χ4n) is 2.60. The molecule has 0 atom stereocenters. The van der Waals surface area contributed by atoms with E-state index in [1.807, 2.05) is 50.2 Å². The van der Waals surface area contributed by atoms with E-state index in [0.29, 0.717) is 5.69 Å². The Labute approximate surface area is 171 Å². The summed E-state index contributed by atoms with van der Waals surface area (Å²) in [7, 11) is 0. The van der Waals surface area contributed by atoms with Crippen molar-refractivity contribution in [2.45, 2.75) is 13.8 Å². The lowest BCUT2D eigenvalue weighted by Gasteiger charge is -2.11. The molecule has 0 spiro atoms. The van der Waals surface area contributed by atoms with Crippen molar-refractivity contribution in [1.29, 1.82) is 0 Å². The zero-order chi connectivity index (χ0) is 21.0. The molecule has 1 heterocycles. The van der Waals surface area contributed by atoms with Gasteiger partial charge in [-0.05, 0) is 61.5 Å². The molecule has 0 aliphatic heterocycles. The van der Waals surface area contributed by atoms with E-state index < -0.39 is 17.1 Å². The topological polar surface area (TPSA) is 112 Å². The summed E-state index contributed by atoms with van der Waals surface area (Å²) < 4.78 is 1.01. The zero-order valence-electron chi connectivity index (χ0n) is 15.8. The van der Waals surface area contributed by atoms with Gasteiger partial charge in [0.1, 0.15) is 5.56 Å². The first kappa shape index (κ1) is 20.0. The molecule has 0 amide bonds. The summed E-state index contributed by atoms with van der Waals surface area (Å²) >= 11 is 5.13. The van der Waals surface area contributed by atoms with Crippen LogP contribution in [0.5, 0.6) is 5.88 Å². The van der Waals surface area contributed by atoms with Crippen LogP contribution >= 0.6 is 12.2 Å². The first-order chi connectivity index (χ1) is 13.9. The lowest BCUT2D eigenvalue weighted by atomic mass is 10.1. The Hall–Kier alpha value is -3.72. The second-order valence-corrected chi connectivity index (χ2v) is 6.70. The second-order valence-electron chi connectivity index (χ2n) is 6.29. The number of para-hydroxylation sites is 1. The van der Waals surface area contributed by atoms with Crippen molar-refractivity contribution < 1.29 is 5.11 Å². The van der Waals surface area contributed by atoms with Crippen LogP contribution in [0.15, 0.2) is 63.2 Å². The highest BCUT2D eigenvalue weighted by Gasteiger charge is 2.14. The number of aromatic amines is 1. The molecule has 0 unspecified atom stereocenters. The van der Waals surface area contributed by atoms with E-state index in [0.717, 1.165) is 27.6 Å². The van der Waals surface area contributed by atoms with Crippen molar-refractivity contribution in [3.05, 3.63) is 86.1 Å². The van der Waals surface area contributed by atoms with E-state index in [4.69, 9.17) is 12.2 Å². The maximum atomic E-state index is 12.3. The van der Waals surface area contributed by atoms with Crippen LogP contribution in [0.1, 0.15) is 16.7 Å². The van der Waals surface area contributed by atoms with Crippen LogP contribution in [0.3, 0.4) is 0 Å². The molecule has 29 heavy (non-hydrogen) atoms. The Morgan fingerprint density at radius 1 is 1.14 bits per heavy atom. The minimum Gasteiger partial charge on any atom is -0.493 e. The van der Waals surface area contributed by atoms with Crippen molar-refractivity contribution in [3.8, 4) is 11.6 Å². The molecule has 0 radical (unpaired) electrons. The largest absolute Gasteiger partial charge is 0.493 e. The third-order valence-electron chi connectivity index (χ3n) is 4.26. The van der Waals surface area contributed by atoms with E-state index in [9.17, 15) is 14.7 Å². The van der Waals surface area contributed by atoms with Crippen LogP contribution in [-0.4, -0.2) is 26.0 Å². The fraction of sp³-hybridized carbons (Fsp3) is 0.100. The van der Waals surface area contributed by atoms with Crippen LogP contribution < -0.4 is 22.0 Å². The van der Waals surface area contributed by atoms with Crippen LogP contribution in [-0.2, 0) is 0 Å². The van der Waals surface area contributed by atoms with Gasteiger partial charge in [-0.3, -0.25) is 15.2 Å². The number of H-pyrrole nitrogens is 1. The minimum absolute atomic E-state index is 0.183. The number of thiocarbonyl (C=S) groups is 1. The quantitative estimate of drug-likeness (QED) is 0.299. The van der Waals surface area contributed by atoms with Crippen LogP contribution in [0.25, 0.3) is 5.69 Å². The van der Waals surface area contributed by atoms with E-state index in [1.165, 1.54) is 0 Å². The standard InChI is InChI=1S/C20H19N5O3S/c1-12-8-9-15(10-13(12)2)25-18(27)16(17(26)23-20(25)28)11-21-24-19(29)22-14-6-4-3-5-7-14/h3-11,27H,1-2H3,(H2,22,24,29)(H,23,26,28). The highest BCUT2D eigenvalue weighted by Crippen LogP contribution is 2.18. The zero-order valence-corrected chi connectivity index (χ0v) is 16.6. The molecular formula is C20H19N5O3S. The Morgan fingerprint density at radius 2 is 1.86 bits per heavy atom. The summed E-state index contributed by atoms with van der Waals surface area (Å²) in [5, 5.41) is 17.5. The van der Waals surface area contributed by atoms with E-state index in [2.05, 4.69) is 20.8 Å². The smallest absolute Gasteiger partial charge is 0.335 e. The number of nitrogens with one attached hydrogen (secondary N) is 3. The summed E-state index contributed by atoms with van der Waals surface area (Å²) in [4.78, 5) is 26.6. The highest BCUT2D eigenvalue weighted by molar-refractivity contribution is 7.80. The van der Waals surface area contributed by atoms with Gasteiger partial charge in [0.2, 0.25) is 5.88 Å². The van der Waals surface area contributed by atoms with Gasteiger partial charge in [0.15, 0.2) is 5.11 Å². The molecule has 0 aliphatic carbocycles. The number of hydrogen-bond acceptors (Lipinski definition) is 5. The molecule has 8 nitrogen and oxygen atoms in total. The maximum Gasteiger partial charge on any atom is 0.335 e. The number of aromatic nitrogens is 2. The van der Waals surface area contributed by atoms with Crippen molar-refractivity contribution in [2.75, 3.05) is 5.32 Å². The molecule has 0 aliphatic rings. The monoisotopic (exact) mass is 409 g/mol. The summed E-state index contributed by atoms with van der Waals surface area (Å²) in [6.07, 6.45) is 1.10. The van der Waals surface area contributed by atoms with Crippen molar-refractivity contribution in [2.24, 2.45) is 5.10 Å². The maximum absolute atomic E-state index is 12.3. The molecule has 0 bridgehead atoms. The average molecular weight is 409 g/mol. The van der Waals surface area contributed by atoms with Gasteiger partial charge in [0.25, 0.3) is 5.56 Å². The van der Waals surface area contributed by atoms with Gasteiger partial charge in [-0.25, -0.2) is 9.36 Å². The first-order valence-electron chi connectivity index (χ1n) is 8.68. The molecule has 0 saturated carbocycles. The van der Waals surface area contributed by atoms with Gasteiger partial charge in [-0.1, -0.05) is 24.3 Å². The first-order valence-corrected chi connectivity index (χ1v) is 9.08. The second kappa shape index (κ2) is 8.53. The van der Waals surface area contributed by atoms with Gasteiger partial charge < -0.3 is 10.4 Å². The molecule has 0 fully saturated rings. The molecule has 4 N–H and O–H groups in total. The number of hydrazone groups is 1. The predicted octanol–water partition coefficient (Wildman–Crippen LogP) is 2.17. The Kier molecular flexibility index (Phi) is 5.89. The van der Waals surface area contributed by atoms with E-state index in [1.54, 1.807) is 12.1 Å². The lowest BCUT2D eigenvalue weighted by Crippen LogP contribution is -2.32. The molecule has 2 aromatic carbocycles. The average Bonchev–Trinajstić information content (AvgIpc) is 2.68. The van der Waals surface area contributed by atoms with Crippen molar-refractivity contribution >= 4 is 29.2 Å². The van der Waals surface area contributed by atoms with Crippen molar-refractivity contribution in [1.82, 2.24) is 15.0 Å². The van der Waals surface area contributed by atoms with Crippen LogP contribution in [0.2, 0.25) is 0 Å². The Balaban J connectivity index is 1.87. The number of benzene rings is 2. The van der Waals surface area contributed by atoms with Gasteiger partial charge in [0, 0.05) is 5.69 Å². The summed E-state index contributed by atoms with van der Waals surface area (Å²) in [5.41, 5.74) is 4.04. The van der Waals surface area contributed by atoms with E-state index >= 15 is 0 Å². The van der Waals surface area contributed by atoms with Gasteiger partial charge >= 0.3 is 5.69 Å². The summed E-state index contributed by atoms with van der Waals surface area (Å²) in [5.74, 6) is -0.519. The molecule has 3 rings (SSSR count). The van der Waals surface area contributed by atoms with Gasteiger partial charge in [-0.2, -0.15) is 5.10 Å². The van der Waals surface area contributed by atoms with Crippen molar-refractivity contribution in [3.63, 3.8) is 0 Å². The molecular weight excluding hydrogens is 390 g/mol. The lowest BCUT2D eigenvalue weighted by molar-refractivity contribution is 0.430. The normalized spacial score (nSPS) is 10.8. The molecule has 0 saturated heterocycles. The van der Waals surface area contributed by atoms with Gasteiger partial charge in [0.05, 0.1) is 11.9 Å². The highest BCUT2D eigenvalue weighted by atomic mass is 32.1. The number of anilines is 1. The third kappa shape index (κ3) is 4.58. The fourth-order valence-corrected chi connectivity index (χ4v) is 2.77. The third-order valence-corrected chi connectivity index (χ3v) is 4.45. The number of aryl methyl sites for hydroxylation is 2. The SMILES string of the molecule is Cc1ccc(-n2c(O)c(C=NNC(=S)Nc3ccccc3)c(=O)[nH]c2=O)cc1C. The minimum atomic E-state index is -0.764. The summed E-state index contributed by atoms with van der Waals surface area (Å²) in [6.45, 7) is 3.82. The van der Waals surface area contributed by atoms with Crippen LogP contribution in [0, 0.1) is 13.8 Å². The number of aromatic hydroxyl groups is 1. The Bertz CT molecular complexity index is 1200. The molecule has 9 heteroatoms. The van der Waals surface area contributed by atoms with Gasteiger partial charge in [-0.15, -0.1) is 0 Å². The number of rotatable bonds is 4. The molecule has 1 aromatic heterocycles. The Morgan fingerprint density at radius 3 is 2.55 bits per heavy atom. The van der Waals surface area contributed by atoms with Crippen LogP contribution in [0.4, 0.5) is 5.69 Å².